The molecule has 1 saturated heterocycles. The second kappa shape index (κ2) is 8.96. The third kappa shape index (κ3) is 5.04. The van der Waals surface area contributed by atoms with Crippen molar-refractivity contribution in [2.45, 2.75) is 32.2 Å². The summed E-state index contributed by atoms with van der Waals surface area (Å²) in [5, 5.41) is 4.46. The molecule has 3 aromatic rings. The molecule has 142 valence electrons. The molecule has 4 rings (SSSR count). The fourth-order valence-electron chi connectivity index (χ4n) is 3.65. The lowest BCUT2D eigenvalue weighted by Crippen LogP contribution is -2.29. The predicted molar refractivity (Wildman–Crippen MR) is 110 cm³/mol. The van der Waals surface area contributed by atoms with Crippen molar-refractivity contribution < 1.29 is 9.15 Å². The van der Waals surface area contributed by atoms with E-state index in [0.717, 1.165) is 42.1 Å². The summed E-state index contributed by atoms with van der Waals surface area (Å²) in [5.41, 5.74) is 2.26. The van der Waals surface area contributed by atoms with E-state index in [-0.39, 0.29) is 0 Å². The van der Waals surface area contributed by atoms with Gasteiger partial charge in [0.1, 0.15) is 11.3 Å². The van der Waals surface area contributed by atoms with Gasteiger partial charge in [-0.2, -0.15) is 0 Å². The second-order valence-electron chi connectivity index (χ2n) is 7.26. The van der Waals surface area contributed by atoms with Gasteiger partial charge in [0, 0.05) is 24.5 Å². The number of anilines is 1. The van der Waals surface area contributed by atoms with Crippen LogP contribution in [0.25, 0.3) is 11.0 Å². The molecule has 1 aliphatic rings. The summed E-state index contributed by atoms with van der Waals surface area (Å²) < 4.78 is 11.7. The van der Waals surface area contributed by atoms with Gasteiger partial charge in [-0.1, -0.05) is 36.8 Å². The molecule has 0 unspecified atom stereocenters. The standard InChI is InChI=1S/C23H28N2O2/c1-4-13-25(14-5-1)18-19-8-6-10-21(16-19)26-15-7-12-24-23-17-20-9-2-3-11-22(20)27-23/h2-3,6,8-11,16-17,24H,1,4-5,7,12-15,18H2. The van der Waals surface area contributed by atoms with E-state index in [1.165, 1.54) is 37.9 Å². The lowest BCUT2D eigenvalue weighted by Gasteiger charge is -2.26. The van der Waals surface area contributed by atoms with Crippen LogP contribution in [0.4, 0.5) is 5.88 Å². The van der Waals surface area contributed by atoms with Crippen LogP contribution in [-0.4, -0.2) is 31.1 Å². The van der Waals surface area contributed by atoms with Gasteiger partial charge >= 0.3 is 0 Å². The van der Waals surface area contributed by atoms with Crippen LogP contribution in [-0.2, 0) is 6.54 Å². The zero-order valence-electron chi connectivity index (χ0n) is 15.8. The van der Waals surface area contributed by atoms with Gasteiger partial charge in [0.25, 0.3) is 0 Å². The topological polar surface area (TPSA) is 37.6 Å². The highest BCUT2D eigenvalue weighted by Gasteiger charge is 2.10. The number of hydrogen-bond acceptors (Lipinski definition) is 4. The highest BCUT2D eigenvalue weighted by molar-refractivity contribution is 5.80. The predicted octanol–water partition coefficient (Wildman–Crippen LogP) is 5.30. The Hall–Kier alpha value is -2.46. The number of likely N-dealkylation sites (tertiary alicyclic amines) is 1. The van der Waals surface area contributed by atoms with Gasteiger partial charge in [-0.15, -0.1) is 0 Å². The average molecular weight is 364 g/mol. The van der Waals surface area contributed by atoms with Crippen molar-refractivity contribution in [1.82, 2.24) is 4.90 Å². The molecular weight excluding hydrogens is 336 g/mol. The second-order valence-corrected chi connectivity index (χ2v) is 7.26. The van der Waals surface area contributed by atoms with Gasteiger partial charge in [-0.05, 0) is 56.1 Å². The molecule has 0 radical (unpaired) electrons. The quantitative estimate of drug-likeness (QED) is 0.550. The van der Waals surface area contributed by atoms with Crippen LogP contribution in [0.2, 0.25) is 0 Å². The summed E-state index contributed by atoms with van der Waals surface area (Å²) in [4.78, 5) is 2.54. The van der Waals surface area contributed by atoms with Crippen LogP contribution in [0.15, 0.2) is 59.0 Å². The van der Waals surface area contributed by atoms with Crippen LogP contribution >= 0.6 is 0 Å². The fourth-order valence-corrected chi connectivity index (χ4v) is 3.65. The third-order valence-corrected chi connectivity index (χ3v) is 5.07. The van der Waals surface area contributed by atoms with Crippen molar-refractivity contribution in [3.63, 3.8) is 0 Å². The molecule has 0 spiro atoms. The Morgan fingerprint density at radius 3 is 2.74 bits per heavy atom. The SMILES string of the molecule is c1cc(CN2CCCCC2)cc(OCCCNc2cc3ccccc3o2)c1. The largest absolute Gasteiger partial charge is 0.494 e. The van der Waals surface area contributed by atoms with Crippen molar-refractivity contribution in [3.05, 3.63) is 60.2 Å². The van der Waals surface area contributed by atoms with E-state index in [2.05, 4.69) is 34.5 Å². The first-order valence-corrected chi connectivity index (χ1v) is 10.0. The van der Waals surface area contributed by atoms with Crippen molar-refractivity contribution in [2.75, 3.05) is 31.6 Å². The van der Waals surface area contributed by atoms with Crippen LogP contribution in [0, 0.1) is 0 Å². The first-order valence-electron chi connectivity index (χ1n) is 10.0. The van der Waals surface area contributed by atoms with Gasteiger partial charge in [0.05, 0.1) is 6.61 Å². The van der Waals surface area contributed by atoms with Crippen molar-refractivity contribution in [1.29, 1.82) is 0 Å². The van der Waals surface area contributed by atoms with Gasteiger partial charge in [-0.3, -0.25) is 4.90 Å². The number of furan rings is 1. The van der Waals surface area contributed by atoms with E-state index in [0.29, 0.717) is 6.61 Å². The molecule has 1 aromatic heterocycles. The van der Waals surface area contributed by atoms with E-state index in [4.69, 9.17) is 9.15 Å². The highest BCUT2D eigenvalue weighted by atomic mass is 16.5. The lowest BCUT2D eigenvalue weighted by atomic mass is 10.1. The molecule has 0 saturated carbocycles. The molecule has 1 N–H and O–H groups in total. The molecule has 0 amide bonds. The molecule has 1 aliphatic heterocycles. The summed E-state index contributed by atoms with van der Waals surface area (Å²) in [6.45, 7) is 5.00. The minimum Gasteiger partial charge on any atom is -0.494 e. The number of piperidine rings is 1. The molecule has 27 heavy (non-hydrogen) atoms. The summed E-state index contributed by atoms with van der Waals surface area (Å²) in [6.07, 6.45) is 4.96. The van der Waals surface area contributed by atoms with Gasteiger partial charge in [-0.25, -0.2) is 0 Å². The number of fused-ring (bicyclic) bond motifs is 1. The maximum atomic E-state index is 5.94. The zero-order chi connectivity index (χ0) is 18.3. The number of benzene rings is 2. The summed E-state index contributed by atoms with van der Waals surface area (Å²) in [6, 6.07) is 18.6. The minimum absolute atomic E-state index is 0.695. The molecule has 4 heteroatoms. The number of nitrogens with zero attached hydrogens (tertiary/aromatic N) is 1. The molecule has 2 heterocycles. The number of rotatable bonds is 8. The highest BCUT2D eigenvalue weighted by Crippen LogP contribution is 2.22. The first-order chi connectivity index (χ1) is 13.4. The van der Waals surface area contributed by atoms with Crippen LogP contribution < -0.4 is 10.1 Å². The average Bonchev–Trinajstić information content (AvgIpc) is 3.12. The number of nitrogens with one attached hydrogen (secondary N) is 1. The van der Waals surface area contributed by atoms with Crippen LogP contribution in [0.3, 0.4) is 0 Å². The Morgan fingerprint density at radius 2 is 1.85 bits per heavy atom. The van der Waals surface area contributed by atoms with E-state index < -0.39 is 0 Å². The zero-order valence-corrected chi connectivity index (χ0v) is 15.8. The van der Waals surface area contributed by atoms with Crippen molar-refractivity contribution in [3.8, 4) is 5.75 Å². The van der Waals surface area contributed by atoms with Crippen molar-refractivity contribution >= 4 is 16.9 Å². The van der Waals surface area contributed by atoms with Crippen molar-refractivity contribution in [2.24, 2.45) is 0 Å². The minimum atomic E-state index is 0.695. The summed E-state index contributed by atoms with van der Waals surface area (Å²) >= 11 is 0. The fraction of sp³-hybridized carbons (Fsp3) is 0.391. The third-order valence-electron chi connectivity index (χ3n) is 5.07. The molecule has 1 fully saturated rings. The molecule has 4 nitrogen and oxygen atoms in total. The molecule has 0 aliphatic carbocycles. The van der Waals surface area contributed by atoms with E-state index in [1.807, 2.05) is 30.3 Å². The first kappa shape index (κ1) is 17.9. The van der Waals surface area contributed by atoms with Gasteiger partial charge in [0.2, 0.25) is 0 Å². The van der Waals surface area contributed by atoms with Crippen LogP contribution in [0.1, 0.15) is 31.2 Å². The molecule has 0 atom stereocenters. The Bertz CT molecular complexity index is 819. The maximum Gasteiger partial charge on any atom is 0.194 e. The van der Waals surface area contributed by atoms with E-state index in [1.54, 1.807) is 0 Å². The van der Waals surface area contributed by atoms with Crippen LogP contribution in [0.5, 0.6) is 5.75 Å². The molecule has 2 aromatic carbocycles. The monoisotopic (exact) mass is 364 g/mol. The smallest absolute Gasteiger partial charge is 0.194 e. The Labute approximate surface area is 161 Å². The summed E-state index contributed by atoms with van der Waals surface area (Å²) in [5.74, 6) is 1.79. The summed E-state index contributed by atoms with van der Waals surface area (Å²) in [7, 11) is 0. The number of hydrogen-bond donors (Lipinski definition) is 1. The molecular formula is C23H28N2O2. The van der Waals surface area contributed by atoms with Gasteiger partial charge < -0.3 is 14.5 Å². The van der Waals surface area contributed by atoms with Gasteiger partial charge in [0.15, 0.2) is 5.88 Å². The number of ether oxygens (including phenoxy) is 1. The Morgan fingerprint density at radius 1 is 0.963 bits per heavy atom. The lowest BCUT2D eigenvalue weighted by molar-refractivity contribution is 0.220. The van der Waals surface area contributed by atoms with E-state index >= 15 is 0 Å². The maximum absolute atomic E-state index is 5.94. The van der Waals surface area contributed by atoms with E-state index in [9.17, 15) is 0 Å². The Balaban J connectivity index is 1.20. The normalized spacial score (nSPS) is 15.1. The number of para-hydroxylation sites is 1. The Kier molecular flexibility index (Phi) is 5.95. The molecule has 0 bridgehead atoms.